The highest BCUT2D eigenvalue weighted by atomic mass is 79.9. The van der Waals surface area contributed by atoms with E-state index in [4.69, 9.17) is 11.6 Å². The number of rotatable bonds is 4. The molecule has 2 rings (SSSR count). The minimum atomic E-state index is -1.09. The topological polar surface area (TPSA) is 69.6 Å². The number of aromatic hydroxyl groups is 1. The summed E-state index contributed by atoms with van der Waals surface area (Å²) in [5.74, 6) is -1.15. The number of carboxylic acid groups (broad SMARTS) is 1. The Morgan fingerprint density at radius 1 is 1.25 bits per heavy atom. The van der Waals surface area contributed by atoms with Crippen LogP contribution in [0.25, 0.3) is 0 Å². The molecule has 0 aliphatic carbocycles. The van der Waals surface area contributed by atoms with Crippen molar-refractivity contribution in [2.75, 3.05) is 5.32 Å². The van der Waals surface area contributed by atoms with E-state index in [1.807, 2.05) is 0 Å². The molecule has 1 unspecified atom stereocenters. The lowest BCUT2D eigenvalue weighted by Crippen LogP contribution is -2.20. The summed E-state index contributed by atoms with van der Waals surface area (Å²) in [6.07, 6.45) is 0. The molecule has 104 valence electrons. The summed E-state index contributed by atoms with van der Waals surface area (Å²) in [5.41, 5.74) is 0.878. The Labute approximate surface area is 129 Å². The molecule has 3 N–H and O–H groups in total. The van der Waals surface area contributed by atoms with Crippen molar-refractivity contribution in [2.45, 2.75) is 6.04 Å². The summed E-state index contributed by atoms with van der Waals surface area (Å²) >= 11 is 9.17. The Morgan fingerprint density at radius 2 is 1.95 bits per heavy atom. The SMILES string of the molecule is O=C(O)C(Nc1ccc(Cl)c(Br)c1)c1ccccc1O. The van der Waals surface area contributed by atoms with E-state index in [9.17, 15) is 15.0 Å². The van der Waals surface area contributed by atoms with Gasteiger partial charge >= 0.3 is 5.97 Å². The summed E-state index contributed by atoms with van der Waals surface area (Å²) in [4.78, 5) is 11.4. The van der Waals surface area contributed by atoms with Gasteiger partial charge < -0.3 is 15.5 Å². The summed E-state index contributed by atoms with van der Waals surface area (Å²) in [6.45, 7) is 0. The van der Waals surface area contributed by atoms with E-state index in [0.717, 1.165) is 0 Å². The van der Waals surface area contributed by atoms with E-state index >= 15 is 0 Å². The molecule has 0 spiro atoms. The van der Waals surface area contributed by atoms with Crippen molar-refractivity contribution in [3.8, 4) is 5.75 Å². The monoisotopic (exact) mass is 355 g/mol. The predicted molar refractivity (Wildman–Crippen MR) is 81.3 cm³/mol. The van der Waals surface area contributed by atoms with E-state index < -0.39 is 12.0 Å². The smallest absolute Gasteiger partial charge is 0.330 e. The lowest BCUT2D eigenvalue weighted by molar-refractivity contribution is -0.138. The molecule has 0 radical (unpaired) electrons. The highest BCUT2D eigenvalue weighted by Gasteiger charge is 2.22. The average Bonchev–Trinajstić information content (AvgIpc) is 2.41. The second-order valence-electron chi connectivity index (χ2n) is 4.10. The summed E-state index contributed by atoms with van der Waals surface area (Å²) in [7, 11) is 0. The highest BCUT2D eigenvalue weighted by Crippen LogP contribution is 2.30. The molecule has 0 fully saturated rings. The van der Waals surface area contributed by atoms with Crippen LogP contribution in [0.15, 0.2) is 46.9 Å². The number of carbonyl (C=O) groups is 1. The molecule has 20 heavy (non-hydrogen) atoms. The number of hydrogen-bond donors (Lipinski definition) is 3. The first-order valence-corrected chi connectivity index (χ1v) is 6.88. The van der Waals surface area contributed by atoms with Gasteiger partial charge in [0.1, 0.15) is 5.75 Å². The number of halogens is 2. The average molecular weight is 357 g/mol. The molecule has 0 heterocycles. The molecular weight excluding hydrogens is 346 g/mol. The third kappa shape index (κ3) is 3.23. The quantitative estimate of drug-likeness (QED) is 0.773. The molecule has 2 aromatic rings. The fourth-order valence-electron chi connectivity index (χ4n) is 1.76. The second kappa shape index (κ2) is 6.15. The highest BCUT2D eigenvalue weighted by molar-refractivity contribution is 9.10. The lowest BCUT2D eigenvalue weighted by atomic mass is 10.1. The van der Waals surface area contributed by atoms with Crippen LogP contribution in [0, 0.1) is 0 Å². The maximum absolute atomic E-state index is 11.4. The minimum absolute atomic E-state index is 0.0690. The molecule has 0 saturated carbocycles. The Hall–Kier alpha value is -1.72. The van der Waals surface area contributed by atoms with Gasteiger partial charge in [-0.15, -0.1) is 0 Å². The molecule has 0 bridgehead atoms. The number of phenols is 1. The zero-order valence-corrected chi connectivity index (χ0v) is 12.5. The van der Waals surface area contributed by atoms with Crippen LogP contribution in [-0.4, -0.2) is 16.2 Å². The van der Waals surface area contributed by atoms with Crippen LogP contribution in [0.3, 0.4) is 0 Å². The second-order valence-corrected chi connectivity index (χ2v) is 5.36. The van der Waals surface area contributed by atoms with Gasteiger partial charge in [0.05, 0.1) is 5.02 Å². The van der Waals surface area contributed by atoms with Crippen molar-refractivity contribution >= 4 is 39.2 Å². The first-order chi connectivity index (χ1) is 9.49. The molecule has 0 amide bonds. The third-order valence-electron chi connectivity index (χ3n) is 2.73. The first-order valence-electron chi connectivity index (χ1n) is 5.71. The molecule has 0 saturated heterocycles. The molecule has 4 nitrogen and oxygen atoms in total. The Kier molecular flexibility index (Phi) is 4.52. The number of aliphatic carboxylic acids is 1. The van der Waals surface area contributed by atoms with Crippen molar-refractivity contribution in [1.29, 1.82) is 0 Å². The fraction of sp³-hybridized carbons (Fsp3) is 0.0714. The maximum atomic E-state index is 11.4. The van der Waals surface area contributed by atoms with Crippen molar-refractivity contribution in [1.82, 2.24) is 0 Å². The zero-order chi connectivity index (χ0) is 14.7. The standard InChI is InChI=1S/C14H11BrClNO3/c15-10-7-8(5-6-11(10)16)17-13(14(19)20)9-3-1-2-4-12(9)18/h1-7,13,17-18H,(H,19,20). The van der Waals surface area contributed by atoms with Crippen LogP contribution < -0.4 is 5.32 Å². The van der Waals surface area contributed by atoms with Crippen LogP contribution in [-0.2, 0) is 4.79 Å². The Morgan fingerprint density at radius 3 is 2.55 bits per heavy atom. The van der Waals surface area contributed by atoms with Crippen molar-refractivity contribution < 1.29 is 15.0 Å². The fourth-order valence-corrected chi connectivity index (χ4v) is 2.25. The number of nitrogens with one attached hydrogen (secondary N) is 1. The molecule has 0 aliphatic rings. The molecule has 6 heteroatoms. The van der Waals surface area contributed by atoms with Crippen molar-refractivity contribution in [2.24, 2.45) is 0 Å². The number of phenolic OH excluding ortho intramolecular Hbond substituents is 1. The molecular formula is C14H11BrClNO3. The van der Waals surface area contributed by atoms with E-state index in [0.29, 0.717) is 20.7 Å². The lowest BCUT2D eigenvalue weighted by Gasteiger charge is -2.17. The molecule has 2 aromatic carbocycles. The molecule has 0 aromatic heterocycles. The van der Waals surface area contributed by atoms with Gasteiger partial charge in [0.25, 0.3) is 0 Å². The van der Waals surface area contributed by atoms with Crippen LogP contribution in [0.5, 0.6) is 5.75 Å². The summed E-state index contributed by atoms with van der Waals surface area (Å²) in [5, 5.41) is 22.5. The van der Waals surface area contributed by atoms with E-state index in [1.165, 1.54) is 6.07 Å². The number of benzene rings is 2. The normalized spacial score (nSPS) is 11.9. The van der Waals surface area contributed by atoms with Gasteiger partial charge in [-0.25, -0.2) is 4.79 Å². The van der Waals surface area contributed by atoms with Crippen LogP contribution in [0.4, 0.5) is 5.69 Å². The van der Waals surface area contributed by atoms with Gasteiger partial charge in [-0.05, 0) is 40.2 Å². The number of carboxylic acids is 1. The Balaban J connectivity index is 2.33. The van der Waals surface area contributed by atoms with E-state index in [1.54, 1.807) is 36.4 Å². The summed E-state index contributed by atoms with van der Waals surface area (Å²) < 4.78 is 0.658. The van der Waals surface area contributed by atoms with Crippen molar-refractivity contribution in [3.63, 3.8) is 0 Å². The number of hydrogen-bond acceptors (Lipinski definition) is 3. The zero-order valence-electron chi connectivity index (χ0n) is 10.2. The third-order valence-corrected chi connectivity index (χ3v) is 3.94. The first kappa shape index (κ1) is 14.7. The summed E-state index contributed by atoms with van der Waals surface area (Å²) in [6, 6.07) is 10.3. The van der Waals surface area contributed by atoms with Gasteiger partial charge in [0.2, 0.25) is 0 Å². The van der Waals surface area contributed by atoms with Crippen LogP contribution in [0.2, 0.25) is 5.02 Å². The van der Waals surface area contributed by atoms with E-state index in [2.05, 4.69) is 21.2 Å². The number of para-hydroxylation sites is 1. The largest absolute Gasteiger partial charge is 0.508 e. The van der Waals surface area contributed by atoms with E-state index in [-0.39, 0.29) is 5.75 Å². The number of anilines is 1. The van der Waals surface area contributed by atoms with Gasteiger partial charge in [0.15, 0.2) is 6.04 Å². The van der Waals surface area contributed by atoms with Gasteiger partial charge in [-0.2, -0.15) is 0 Å². The van der Waals surface area contributed by atoms with Crippen LogP contribution >= 0.6 is 27.5 Å². The molecule has 0 aliphatic heterocycles. The Bertz CT molecular complexity index is 648. The van der Waals surface area contributed by atoms with Crippen LogP contribution in [0.1, 0.15) is 11.6 Å². The van der Waals surface area contributed by atoms with Gasteiger partial charge in [-0.1, -0.05) is 29.8 Å². The van der Waals surface area contributed by atoms with Gasteiger partial charge in [-0.3, -0.25) is 0 Å². The van der Waals surface area contributed by atoms with Crippen molar-refractivity contribution in [3.05, 3.63) is 57.5 Å². The van der Waals surface area contributed by atoms with Gasteiger partial charge in [0, 0.05) is 15.7 Å². The molecule has 1 atom stereocenters. The maximum Gasteiger partial charge on any atom is 0.330 e. The predicted octanol–water partition coefficient (Wildman–Crippen LogP) is 4.05. The minimum Gasteiger partial charge on any atom is -0.508 e.